The zero-order valence-electron chi connectivity index (χ0n) is 14.4. The monoisotopic (exact) mass is 366 g/mol. The molecule has 1 aromatic heterocycles. The Bertz CT molecular complexity index is 842. The number of amides is 1. The van der Waals surface area contributed by atoms with Crippen LogP contribution in [0.1, 0.15) is 31.6 Å². The van der Waals surface area contributed by atoms with Gasteiger partial charge in [-0.05, 0) is 49.7 Å². The largest absolute Gasteiger partial charge is 0.466 e. The number of benzene rings is 1. The Hall–Kier alpha value is -2.16. The number of carbonyl (C=O) groups is 1. The van der Waals surface area contributed by atoms with Crippen LogP contribution < -0.4 is 10.0 Å². The highest BCUT2D eigenvalue weighted by Gasteiger charge is 2.29. The van der Waals surface area contributed by atoms with E-state index >= 15 is 0 Å². The van der Waals surface area contributed by atoms with E-state index in [2.05, 4.69) is 10.0 Å². The van der Waals surface area contributed by atoms with E-state index in [1.54, 1.807) is 32.0 Å². The van der Waals surface area contributed by atoms with E-state index in [0.717, 1.165) is 0 Å². The number of aliphatic hydroxyl groups is 1. The van der Waals surface area contributed by atoms with E-state index in [-0.39, 0.29) is 23.1 Å². The van der Waals surface area contributed by atoms with Gasteiger partial charge >= 0.3 is 0 Å². The topological polar surface area (TPSA) is 109 Å². The number of sulfonamides is 1. The highest BCUT2D eigenvalue weighted by Crippen LogP contribution is 2.23. The van der Waals surface area contributed by atoms with Gasteiger partial charge in [-0.3, -0.25) is 4.79 Å². The van der Waals surface area contributed by atoms with Gasteiger partial charge in [0.2, 0.25) is 15.9 Å². The maximum atomic E-state index is 12.5. The molecule has 0 saturated carbocycles. The summed E-state index contributed by atoms with van der Waals surface area (Å²) >= 11 is 0. The summed E-state index contributed by atoms with van der Waals surface area (Å²) in [5, 5.41) is 13.0. The summed E-state index contributed by atoms with van der Waals surface area (Å²) in [7, 11) is -3.83. The second kappa shape index (κ2) is 7.38. The second-order valence-electron chi connectivity index (χ2n) is 5.96. The third-order valence-corrected chi connectivity index (χ3v) is 5.29. The molecule has 2 aromatic rings. The van der Waals surface area contributed by atoms with Gasteiger partial charge in [0.1, 0.15) is 11.4 Å². The van der Waals surface area contributed by atoms with E-state index in [0.29, 0.717) is 17.7 Å². The molecule has 7 nitrogen and oxygen atoms in total. The number of aryl methyl sites for hydroxylation is 1. The SMILES string of the molecule is CCC(=O)Nc1ccc(S(=O)(=O)NC[C@@](C)(O)c2ccco2)c(C)c1. The number of hydrogen-bond donors (Lipinski definition) is 3. The molecule has 0 spiro atoms. The summed E-state index contributed by atoms with van der Waals surface area (Å²) in [6.07, 6.45) is 1.74. The molecule has 3 N–H and O–H groups in total. The Morgan fingerprint density at radius 3 is 2.60 bits per heavy atom. The number of anilines is 1. The van der Waals surface area contributed by atoms with Crippen molar-refractivity contribution in [2.75, 3.05) is 11.9 Å². The Balaban J connectivity index is 2.15. The summed E-state index contributed by atoms with van der Waals surface area (Å²) in [6.45, 7) is 4.60. The summed E-state index contributed by atoms with van der Waals surface area (Å²) in [4.78, 5) is 11.5. The predicted octanol–water partition coefficient (Wildman–Crippen LogP) is 2.12. The lowest BCUT2D eigenvalue weighted by Crippen LogP contribution is -2.38. The van der Waals surface area contributed by atoms with Crippen molar-refractivity contribution < 1.29 is 22.7 Å². The molecule has 0 aliphatic carbocycles. The van der Waals surface area contributed by atoms with Crippen LogP contribution in [0.2, 0.25) is 0 Å². The zero-order valence-corrected chi connectivity index (χ0v) is 15.2. The van der Waals surface area contributed by atoms with Gasteiger partial charge in [-0.15, -0.1) is 0 Å². The quantitative estimate of drug-likeness (QED) is 0.695. The van der Waals surface area contributed by atoms with Crippen molar-refractivity contribution in [2.45, 2.75) is 37.7 Å². The van der Waals surface area contributed by atoms with E-state index in [4.69, 9.17) is 4.42 Å². The summed E-state index contributed by atoms with van der Waals surface area (Å²) in [5.74, 6) is 0.118. The number of furan rings is 1. The van der Waals surface area contributed by atoms with Crippen molar-refractivity contribution in [1.82, 2.24) is 4.72 Å². The normalized spacial score (nSPS) is 14.1. The first-order valence-corrected chi connectivity index (χ1v) is 9.30. The Labute approximate surface area is 147 Å². The van der Waals surface area contributed by atoms with Gasteiger partial charge in [0.15, 0.2) is 0 Å². The molecule has 0 unspecified atom stereocenters. The second-order valence-corrected chi connectivity index (χ2v) is 7.69. The lowest BCUT2D eigenvalue weighted by molar-refractivity contribution is -0.115. The van der Waals surface area contributed by atoms with Gasteiger partial charge in [0.25, 0.3) is 0 Å². The van der Waals surface area contributed by atoms with Crippen LogP contribution in [-0.2, 0) is 20.4 Å². The third-order valence-electron chi connectivity index (χ3n) is 3.73. The minimum Gasteiger partial charge on any atom is -0.466 e. The van der Waals surface area contributed by atoms with Crippen LogP contribution in [0.15, 0.2) is 45.9 Å². The fourth-order valence-corrected chi connectivity index (χ4v) is 3.62. The molecule has 1 amide bonds. The molecule has 0 saturated heterocycles. The Kier molecular flexibility index (Phi) is 5.66. The smallest absolute Gasteiger partial charge is 0.240 e. The van der Waals surface area contributed by atoms with Crippen LogP contribution in [-0.4, -0.2) is 26.0 Å². The van der Waals surface area contributed by atoms with E-state index in [9.17, 15) is 18.3 Å². The third kappa shape index (κ3) is 4.68. The molecule has 0 aliphatic heterocycles. The first-order chi connectivity index (χ1) is 11.7. The number of carbonyl (C=O) groups excluding carboxylic acids is 1. The number of rotatable bonds is 7. The number of nitrogens with one attached hydrogen (secondary N) is 2. The van der Waals surface area contributed by atoms with Crippen molar-refractivity contribution in [2.24, 2.45) is 0 Å². The van der Waals surface area contributed by atoms with Crippen molar-refractivity contribution >= 4 is 21.6 Å². The standard InChI is InChI=1S/C17H22N2O5S/c1-4-16(20)19-13-7-8-14(12(2)10-13)25(22,23)18-11-17(3,21)15-6-5-9-24-15/h5-10,18,21H,4,11H2,1-3H3,(H,19,20)/t17-/m1/s1. The molecule has 0 fully saturated rings. The molecule has 25 heavy (non-hydrogen) atoms. The van der Waals surface area contributed by atoms with E-state index in [1.807, 2.05) is 0 Å². The van der Waals surface area contributed by atoms with Crippen LogP contribution in [0.4, 0.5) is 5.69 Å². The maximum Gasteiger partial charge on any atom is 0.240 e. The van der Waals surface area contributed by atoms with Crippen molar-refractivity contribution in [3.63, 3.8) is 0 Å². The molecule has 0 radical (unpaired) electrons. The highest BCUT2D eigenvalue weighted by molar-refractivity contribution is 7.89. The first kappa shape index (κ1) is 19.2. The van der Waals surface area contributed by atoms with E-state index in [1.165, 1.54) is 25.3 Å². The average molecular weight is 366 g/mol. The Morgan fingerprint density at radius 2 is 2.04 bits per heavy atom. The van der Waals surface area contributed by atoms with Crippen LogP contribution >= 0.6 is 0 Å². The van der Waals surface area contributed by atoms with Gasteiger partial charge in [0, 0.05) is 18.7 Å². The van der Waals surface area contributed by atoms with Gasteiger partial charge in [0.05, 0.1) is 11.2 Å². The molecule has 136 valence electrons. The summed E-state index contributed by atoms with van der Waals surface area (Å²) < 4.78 is 32.6. The predicted molar refractivity (Wildman–Crippen MR) is 93.6 cm³/mol. The fourth-order valence-electron chi connectivity index (χ4n) is 2.26. The van der Waals surface area contributed by atoms with Crippen molar-refractivity contribution in [3.8, 4) is 0 Å². The minimum atomic E-state index is -3.83. The van der Waals surface area contributed by atoms with Gasteiger partial charge in [-0.1, -0.05) is 6.92 Å². The summed E-state index contributed by atoms with van der Waals surface area (Å²) in [5.41, 5.74) is -0.454. The lowest BCUT2D eigenvalue weighted by atomic mass is 10.1. The van der Waals surface area contributed by atoms with Crippen LogP contribution in [0.25, 0.3) is 0 Å². The molecular formula is C17H22N2O5S. The van der Waals surface area contributed by atoms with Crippen LogP contribution in [0, 0.1) is 6.92 Å². The minimum absolute atomic E-state index is 0.0808. The van der Waals surface area contributed by atoms with Crippen LogP contribution in [0.3, 0.4) is 0 Å². The average Bonchev–Trinajstić information content (AvgIpc) is 3.08. The lowest BCUT2D eigenvalue weighted by Gasteiger charge is -2.21. The fraction of sp³-hybridized carbons (Fsp3) is 0.353. The summed E-state index contributed by atoms with van der Waals surface area (Å²) in [6, 6.07) is 7.73. The molecule has 1 aromatic carbocycles. The molecule has 0 aliphatic rings. The maximum absolute atomic E-state index is 12.5. The molecule has 2 rings (SSSR count). The van der Waals surface area contributed by atoms with Crippen molar-refractivity contribution in [3.05, 3.63) is 47.9 Å². The molecule has 1 heterocycles. The van der Waals surface area contributed by atoms with Crippen LogP contribution in [0.5, 0.6) is 0 Å². The van der Waals surface area contributed by atoms with Gasteiger partial charge < -0.3 is 14.8 Å². The van der Waals surface area contributed by atoms with E-state index < -0.39 is 15.6 Å². The van der Waals surface area contributed by atoms with Gasteiger partial charge in [-0.25, -0.2) is 13.1 Å². The van der Waals surface area contributed by atoms with Crippen molar-refractivity contribution in [1.29, 1.82) is 0 Å². The molecule has 0 bridgehead atoms. The van der Waals surface area contributed by atoms with Gasteiger partial charge in [-0.2, -0.15) is 0 Å². The highest BCUT2D eigenvalue weighted by atomic mass is 32.2. The molecule has 8 heteroatoms. The number of hydrogen-bond acceptors (Lipinski definition) is 5. The first-order valence-electron chi connectivity index (χ1n) is 7.82. The Morgan fingerprint density at radius 1 is 1.32 bits per heavy atom. The molecule has 1 atom stereocenters. The molecular weight excluding hydrogens is 344 g/mol. The zero-order chi connectivity index (χ0) is 18.7.